The van der Waals surface area contributed by atoms with Crippen molar-refractivity contribution in [2.75, 3.05) is 0 Å². The van der Waals surface area contributed by atoms with Gasteiger partial charge in [0.15, 0.2) is 0 Å². The first-order valence-corrected chi connectivity index (χ1v) is 7.24. The highest BCUT2D eigenvalue weighted by molar-refractivity contribution is 5.75. The summed E-state index contributed by atoms with van der Waals surface area (Å²) in [6.07, 6.45) is -9.15. The van der Waals surface area contributed by atoms with Crippen LogP contribution in [0.1, 0.15) is 30.4 Å². The Kier molecular flexibility index (Phi) is 3.55. The van der Waals surface area contributed by atoms with Crippen LogP contribution in [-0.4, -0.2) is 17.7 Å². The molecule has 3 aliphatic rings. The van der Waals surface area contributed by atoms with Crippen LogP contribution in [0.25, 0.3) is 0 Å². The second kappa shape index (κ2) is 5.03. The van der Waals surface area contributed by atoms with Crippen LogP contribution in [0.3, 0.4) is 0 Å². The van der Waals surface area contributed by atoms with E-state index in [1.807, 2.05) is 0 Å². The van der Waals surface area contributed by atoms with Gasteiger partial charge in [-0.1, -0.05) is 12.1 Å². The zero-order valence-electron chi connectivity index (χ0n) is 12.3. The Balaban J connectivity index is 1.50. The molecule has 3 aliphatic carbocycles. The number of hydrogen-bond donors (Lipinski definition) is 2. The van der Waals surface area contributed by atoms with Crippen molar-refractivity contribution in [3.05, 3.63) is 35.4 Å². The molecule has 24 heavy (non-hydrogen) atoms. The van der Waals surface area contributed by atoms with Gasteiger partial charge in [-0.05, 0) is 37.0 Å². The SMILES string of the molecule is O=C(NCc1cccc(C(F)(F)F)c1)NC12CC(C(F)(F)F)(C1)C2. The van der Waals surface area contributed by atoms with Crippen LogP contribution in [0.5, 0.6) is 0 Å². The van der Waals surface area contributed by atoms with Gasteiger partial charge in [0.25, 0.3) is 0 Å². The van der Waals surface area contributed by atoms with Gasteiger partial charge >= 0.3 is 18.4 Å². The highest BCUT2D eigenvalue weighted by Gasteiger charge is 2.79. The first-order chi connectivity index (χ1) is 10.9. The number of rotatable bonds is 3. The van der Waals surface area contributed by atoms with Crippen LogP contribution in [0.15, 0.2) is 24.3 Å². The standard InChI is InChI=1S/C15H14F6N2O/c16-14(17,18)10-3-1-2-9(4-10)5-22-11(24)23-13-6-12(7-13,8-13)15(19,20)21/h1-4H,5-8H2,(H2,22,23,24). The highest BCUT2D eigenvalue weighted by atomic mass is 19.4. The monoisotopic (exact) mass is 352 g/mol. The maximum Gasteiger partial charge on any atom is 0.416 e. The van der Waals surface area contributed by atoms with Gasteiger partial charge in [-0.15, -0.1) is 0 Å². The van der Waals surface area contributed by atoms with E-state index >= 15 is 0 Å². The molecule has 2 N–H and O–H groups in total. The molecule has 0 saturated heterocycles. The fourth-order valence-electron chi connectivity index (χ4n) is 3.55. The van der Waals surface area contributed by atoms with Crippen molar-refractivity contribution < 1.29 is 31.1 Å². The van der Waals surface area contributed by atoms with Gasteiger partial charge in [-0.3, -0.25) is 0 Å². The lowest BCUT2D eigenvalue weighted by Crippen LogP contribution is -2.79. The number of benzene rings is 1. The maximum atomic E-state index is 12.7. The van der Waals surface area contributed by atoms with Crippen LogP contribution < -0.4 is 10.6 Å². The van der Waals surface area contributed by atoms with Crippen molar-refractivity contribution in [3.8, 4) is 0 Å². The minimum atomic E-state index is -4.48. The Morgan fingerprint density at radius 1 is 1.08 bits per heavy atom. The fourth-order valence-corrected chi connectivity index (χ4v) is 3.55. The first kappa shape index (κ1) is 16.9. The average molecular weight is 352 g/mol. The van der Waals surface area contributed by atoms with Gasteiger partial charge in [0.05, 0.1) is 11.0 Å². The molecule has 1 aromatic carbocycles. The van der Waals surface area contributed by atoms with E-state index in [1.165, 1.54) is 12.1 Å². The molecule has 0 aromatic heterocycles. The molecule has 2 bridgehead atoms. The molecular weight excluding hydrogens is 338 g/mol. The van der Waals surface area contributed by atoms with E-state index in [-0.39, 0.29) is 31.4 Å². The van der Waals surface area contributed by atoms with Crippen LogP contribution >= 0.6 is 0 Å². The minimum absolute atomic E-state index is 0.138. The van der Waals surface area contributed by atoms with Crippen LogP contribution in [0.4, 0.5) is 31.1 Å². The lowest BCUT2D eigenvalue weighted by molar-refractivity contribution is -0.336. The highest BCUT2D eigenvalue weighted by Crippen LogP contribution is 2.73. The number of urea groups is 1. The Labute approximate surface area is 133 Å². The summed E-state index contributed by atoms with van der Waals surface area (Å²) < 4.78 is 75.9. The van der Waals surface area contributed by atoms with E-state index in [1.54, 1.807) is 0 Å². The van der Waals surface area contributed by atoms with Gasteiger partial charge in [0.2, 0.25) is 0 Å². The number of halogens is 6. The second-order valence-electron chi connectivity index (χ2n) is 6.59. The van der Waals surface area contributed by atoms with E-state index in [0.717, 1.165) is 12.1 Å². The Bertz CT molecular complexity index is 647. The van der Waals surface area contributed by atoms with Gasteiger partial charge in [0.1, 0.15) is 0 Å². The molecule has 0 aliphatic heterocycles. The quantitative estimate of drug-likeness (QED) is 0.794. The normalized spacial score (nSPS) is 28.6. The molecule has 9 heteroatoms. The van der Waals surface area contributed by atoms with E-state index in [9.17, 15) is 31.1 Å². The van der Waals surface area contributed by atoms with E-state index in [4.69, 9.17) is 0 Å². The van der Waals surface area contributed by atoms with Crippen molar-refractivity contribution in [1.82, 2.24) is 10.6 Å². The molecule has 3 nitrogen and oxygen atoms in total. The summed E-state index contributed by atoms with van der Waals surface area (Å²) >= 11 is 0. The molecule has 0 spiro atoms. The fraction of sp³-hybridized carbons (Fsp3) is 0.533. The lowest BCUT2D eigenvalue weighted by Gasteiger charge is -2.70. The zero-order chi connectivity index (χ0) is 17.8. The molecule has 0 radical (unpaired) electrons. The van der Waals surface area contributed by atoms with Crippen molar-refractivity contribution in [2.24, 2.45) is 5.41 Å². The number of hydrogen-bond acceptors (Lipinski definition) is 1. The van der Waals surface area contributed by atoms with Gasteiger partial charge in [-0.25, -0.2) is 4.79 Å². The minimum Gasteiger partial charge on any atom is -0.334 e. The molecule has 3 fully saturated rings. The van der Waals surface area contributed by atoms with E-state index in [2.05, 4.69) is 10.6 Å². The Hall–Kier alpha value is -1.93. The number of carbonyl (C=O) groups is 1. The summed E-state index contributed by atoms with van der Waals surface area (Å²) in [4.78, 5) is 11.8. The summed E-state index contributed by atoms with van der Waals surface area (Å²) in [7, 11) is 0. The summed E-state index contributed by atoms with van der Waals surface area (Å²) in [5, 5.41) is 4.88. The summed E-state index contributed by atoms with van der Waals surface area (Å²) in [5.74, 6) is 0. The molecule has 1 aromatic rings. The molecule has 0 heterocycles. The molecule has 132 valence electrons. The largest absolute Gasteiger partial charge is 0.416 e. The van der Waals surface area contributed by atoms with Crippen molar-refractivity contribution >= 4 is 6.03 Å². The van der Waals surface area contributed by atoms with Crippen molar-refractivity contribution in [3.63, 3.8) is 0 Å². The van der Waals surface area contributed by atoms with E-state index < -0.39 is 34.9 Å². The summed E-state index contributed by atoms with van der Waals surface area (Å²) in [6, 6.07) is 3.81. The third kappa shape index (κ3) is 2.80. The first-order valence-electron chi connectivity index (χ1n) is 7.24. The molecule has 0 unspecified atom stereocenters. The number of alkyl halides is 6. The second-order valence-corrected chi connectivity index (χ2v) is 6.59. The predicted molar refractivity (Wildman–Crippen MR) is 71.9 cm³/mol. The number of carbonyl (C=O) groups excluding carboxylic acids is 1. The Morgan fingerprint density at radius 2 is 1.71 bits per heavy atom. The van der Waals surface area contributed by atoms with Crippen LogP contribution in [0.2, 0.25) is 0 Å². The third-order valence-electron chi connectivity index (χ3n) is 4.72. The van der Waals surface area contributed by atoms with E-state index in [0.29, 0.717) is 0 Å². The summed E-state index contributed by atoms with van der Waals surface area (Å²) in [5.41, 5.74) is -3.06. The molecular formula is C15H14F6N2O. The topological polar surface area (TPSA) is 41.1 Å². The molecule has 2 amide bonds. The predicted octanol–water partition coefficient (Wildman–Crippen LogP) is 3.99. The lowest BCUT2D eigenvalue weighted by atomic mass is 9.39. The third-order valence-corrected chi connectivity index (χ3v) is 4.72. The number of nitrogens with one attached hydrogen (secondary N) is 2. The summed E-state index contributed by atoms with van der Waals surface area (Å²) in [6.45, 7) is -0.143. The van der Waals surface area contributed by atoms with Gasteiger partial charge < -0.3 is 10.6 Å². The van der Waals surface area contributed by atoms with Crippen LogP contribution in [-0.2, 0) is 12.7 Å². The average Bonchev–Trinajstić information content (AvgIpc) is 2.37. The zero-order valence-corrected chi connectivity index (χ0v) is 12.3. The van der Waals surface area contributed by atoms with Crippen LogP contribution in [0, 0.1) is 5.41 Å². The van der Waals surface area contributed by atoms with Crippen molar-refractivity contribution in [1.29, 1.82) is 0 Å². The van der Waals surface area contributed by atoms with Crippen molar-refractivity contribution in [2.45, 2.75) is 43.7 Å². The van der Waals surface area contributed by atoms with Gasteiger partial charge in [-0.2, -0.15) is 26.3 Å². The molecule has 0 atom stereocenters. The molecule has 3 saturated carbocycles. The molecule has 4 rings (SSSR count). The van der Waals surface area contributed by atoms with Gasteiger partial charge in [0, 0.05) is 12.1 Å². The maximum absolute atomic E-state index is 12.7. The number of amides is 2. The smallest absolute Gasteiger partial charge is 0.334 e. The Morgan fingerprint density at radius 3 is 2.25 bits per heavy atom.